The molecule has 2 bridgehead atoms. The van der Waals surface area contributed by atoms with Crippen molar-refractivity contribution in [1.29, 1.82) is 0 Å². The van der Waals surface area contributed by atoms with E-state index in [1.165, 1.54) is 24.3 Å². The molecule has 2 unspecified atom stereocenters. The molecule has 0 spiro atoms. The van der Waals surface area contributed by atoms with Crippen LogP contribution in [0.3, 0.4) is 0 Å². The monoisotopic (exact) mass is 694 g/mol. The Morgan fingerprint density at radius 3 is 1.91 bits per heavy atom. The Morgan fingerprint density at radius 2 is 1.44 bits per heavy atom. The Hall–Kier alpha value is -3.00. The van der Waals surface area contributed by atoms with Crippen molar-refractivity contribution in [3.63, 3.8) is 0 Å². The third kappa shape index (κ3) is 8.63. The van der Waals surface area contributed by atoms with E-state index in [2.05, 4.69) is 10.6 Å². The molecule has 12 nitrogen and oxygen atoms in total. The number of fused-ring (bicyclic) bond motifs is 3. The molecule has 17 heteroatoms. The second-order valence-electron chi connectivity index (χ2n) is 11.0. The number of hydrogen-bond acceptors (Lipinski definition) is 7. The van der Waals surface area contributed by atoms with Gasteiger partial charge in [-0.25, -0.2) is 13.3 Å². The van der Waals surface area contributed by atoms with E-state index >= 15 is 0 Å². The molecule has 0 aliphatic heterocycles. The Kier molecular flexibility index (Phi) is 11.0. The van der Waals surface area contributed by atoms with Crippen molar-refractivity contribution < 1.29 is 56.6 Å². The second kappa shape index (κ2) is 14.2. The van der Waals surface area contributed by atoms with Crippen LogP contribution in [0.2, 0.25) is 10.0 Å². The number of aliphatic carboxylic acids is 1. The summed E-state index contributed by atoms with van der Waals surface area (Å²) in [5, 5.41) is 14.8. The quantitative estimate of drug-likeness (QED) is 0.178. The van der Waals surface area contributed by atoms with Gasteiger partial charge in [0.25, 0.3) is 11.8 Å². The molecule has 3 aliphatic rings. The van der Waals surface area contributed by atoms with Gasteiger partial charge in [0.2, 0.25) is 0 Å². The van der Waals surface area contributed by atoms with Gasteiger partial charge in [0.1, 0.15) is 23.1 Å². The molecule has 0 radical (unpaired) electrons. The van der Waals surface area contributed by atoms with Gasteiger partial charge in [0.15, 0.2) is 13.2 Å². The van der Waals surface area contributed by atoms with E-state index in [1.807, 2.05) is 0 Å². The highest BCUT2D eigenvalue weighted by Crippen LogP contribution is 2.55. The molecule has 5 rings (SSSR count). The average molecular weight is 695 g/mol. The van der Waals surface area contributed by atoms with Crippen LogP contribution in [-0.2, 0) is 23.5 Å². The van der Waals surface area contributed by atoms with Crippen LogP contribution < -0.4 is 20.1 Å². The van der Waals surface area contributed by atoms with Gasteiger partial charge in [-0.15, -0.1) is 0 Å². The second-order valence-corrected chi connectivity index (χ2v) is 13.0. The van der Waals surface area contributed by atoms with Gasteiger partial charge in [-0.1, -0.05) is 23.2 Å². The predicted molar refractivity (Wildman–Crippen MR) is 156 cm³/mol. The maximum absolute atomic E-state index is 13.9. The zero-order chi connectivity index (χ0) is 33.0. The standard InChI is InChI=1S/C28H31Cl2F2N2O10P/c29-19-3-1-17(11-21(19)31)42-14-24(35)33-27-9-7-16(8-10-27)13-28(27,23(5-6-26(37)38)44-45(39,40)41)34-25(36)15-43-18-2-4-20(30)22(32)12-18/h1-4,11-12,16,23H,5-10,13-15H2,(H,33,35)(H,34,36)(H,37,38)(H2,39,40,41). The Morgan fingerprint density at radius 1 is 0.933 bits per heavy atom. The number of phosphoric acid groups is 1. The molecule has 0 heterocycles. The lowest BCUT2D eigenvalue weighted by Crippen LogP contribution is -2.80. The fraction of sp³-hybridized carbons (Fsp3) is 0.464. The first-order chi connectivity index (χ1) is 21.1. The lowest BCUT2D eigenvalue weighted by Gasteiger charge is -2.62. The van der Waals surface area contributed by atoms with Gasteiger partial charge in [-0.05, 0) is 68.7 Å². The first-order valence-corrected chi connectivity index (χ1v) is 16.1. The van der Waals surface area contributed by atoms with Crippen molar-refractivity contribution >= 4 is 48.8 Å². The van der Waals surface area contributed by atoms with E-state index in [-0.39, 0.29) is 46.7 Å². The lowest BCUT2D eigenvalue weighted by atomic mass is 9.53. The molecule has 2 aromatic rings. The number of ether oxygens (including phenoxy) is 2. The minimum Gasteiger partial charge on any atom is -0.484 e. The van der Waals surface area contributed by atoms with E-state index in [0.717, 1.165) is 12.1 Å². The molecule has 5 N–H and O–H groups in total. The fourth-order valence-electron chi connectivity index (χ4n) is 6.23. The third-order valence-corrected chi connectivity index (χ3v) is 9.26. The highest BCUT2D eigenvalue weighted by Gasteiger charge is 2.64. The molecule has 2 atom stereocenters. The summed E-state index contributed by atoms with van der Waals surface area (Å²) in [6.07, 6.45) is -0.916. The Labute approximate surface area is 266 Å². The van der Waals surface area contributed by atoms with E-state index < -0.39 is 80.5 Å². The summed E-state index contributed by atoms with van der Waals surface area (Å²) < 4.78 is 56.0. The number of nitrogens with one attached hydrogen (secondary N) is 2. The smallest absolute Gasteiger partial charge is 0.469 e. The van der Waals surface area contributed by atoms with Crippen LogP contribution in [0.15, 0.2) is 36.4 Å². The van der Waals surface area contributed by atoms with Crippen LogP contribution in [0.5, 0.6) is 11.5 Å². The summed E-state index contributed by atoms with van der Waals surface area (Å²) in [6, 6.07) is 7.13. The van der Waals surface area contributed by atoms with Gasteiger partial charge in [-0.3, -0.25) is 18.9 Å². The zero-order valence-electron chi connectivity index (χ0n) is 23.6. The van der Waals surface area contributed by atoms with Crippen molar-refractivity contribution in [2.45, 2.75) is 62.1 Å². The van der Waals surface area contributed by atoms with Crippen LogP contribution in [0, 0.1) is 17.6 Å². The topological polar surface area (TPSA) is 181 Å². The van der Waals surface area contributed by atoms with Crippen molar-refractivity contribution in [2.24, 2.45) is 5.92 Å². The molecule has 3 aliphatic carbocycles. The SMILES string of the molecule is O=C(O)CCC(OP(=O)(O)O)C1(NC(=O)COc2ccc(Cl)c(F)c2)CC2CCC1(NC(=O)COc1ccc(Cl)c(F)c1)CC2. The molecule has 3 fully saturated rings. The zero-order valence-corrected chi connectivity index (χ0v) is 26.0. The summed E-state index contributed by atoms with van der Waals surface area (Å²) in [4.78, 5) is 57.9. The third-order valence-electron chi connectivity index (χ3n) is 8.12. The molecule has 3 saturated carbocycles. The summed E-state index contributed by atoms with van der Waals surface area (Å²) >= 11 is 11.4. The Balaban J connectivity index is 1.65. The summed E-state index contributed by atoms with van der Waals surface area (Å²) in [7, 11) is -5.27. The minimum atomic E-state index is -5.27. The van der Waals surface area contributed by atoms with Gasteiger partial charge in [0, 0.05) is 18.6 Å². The van der Waals surface area contributed by atoms with Crippen molar-refractivity contribution in [3.8, 4) is 11.5 Å². The maximum atomic E-state index is 13.9. The molecule has 0 saturated heterocycles. The normalized spacial score (nSPS) is 23.2. The highest BCUT2D eigenvalue weighted by atomic mass is 35.5. The predicted octanol–water partition coefficient (Wildman–Crippen LogP) is 4.38. The number of amides is 2. The summed E-state index contributed by atoms with van der Waals surface area (Å²) in [5.41, 5.74) is -3.10. The van der Waals surface area contributed by atoms with Crippen molar-refractivity contribution in [3.05, 3.63) is 58.1 Å². The largest absolute Gasteiger partial charge is 0.484 e. The Bertz CT molecular complexity index is 1490. The average Bonchev–Trinajstić information content (AvgIpc) is 2.96. The van der Waals surface area contributed by atoms with Crippen LogP contribution in [0.4, 0.5) is 8.78 Å². The molecule has 45 heavy (non-hydrogen) atoms. The van der Waals surface area contributed by atoms with Crippen LogP contribution in [0.25, 0.3) is 0 Å². The van der Waals surface area contributed by atoms with Crippen LogP contribution >= 0.6 is 31.0 Å². The molecule has 2 aromatic carbocycles. The van der Waals surface area contributed by atoms with E-state index in [9.17, 15) is 42.6 Å². The van der Waals surface area contributed by atoms with E-state index in [0.29, 0.717) is 12.8 Å². The van der Waals surface area contributed by atoms with Crippen molar-refractivity contribution in [1.82, 2.24) is 10.6 Å². The molecular formula is C28H31Cl2F2N2O10P. The molecule has 2 amide bonds. The fourth-order valence-corrected chi connectivity index (χ4v) is 7.08. The minimum absolute atomic E-state index is 0.0106. The first-order valence-electron chi connectivity index (χ1n) is 13.8. The summed E-state index contributed by atoms with van der Waals surface area (Å²) in [6.45, 7) is -1.27. The highest BCUT2D eigenvalue weighted by molar-refractivity contribution is 7.46. The van der Waals surface area contributed by atoms with Gasteiger partial charge >= 0.3 is 13.8 Å². The molecule has 0 aromatic heterocycles. The molecule has 246 valence electrons. The number of carbonyl (C=O) groups is 3. The van der Waals surface area contributed by atoms with Gasteiger partial charge in [0.05, 0.1) is 27.2 Å². The summed E-state index contributed by atoms with van der Waals surface area (Å²) in [5.74, 6) is -4.44. The lowest BCUT2D eigenvalue weighted by molar-refractivity contribution is -0.146. The molecular weight excluding hydrogens is 664 g/mol. The van der Waals surface area contributed by atoms with Gasteiger partial charge < -0.3 is 35.0 Å². The van der Waals surface area contributed by atoms with Crippen LogP contribution in [0.1, 0.15) is 44.9 Å². The maximum Gasteiger partial charge on any atom is 0.469 e. The van der Waals surface area contributed by atoms with Gasteiger partial charge in [-0.2, -0.15) is 0 Å². The first kappa shape index (κ1) is 34.9. The van der Waals surface area contributed by atoms with E-state index in [1.54, 1.807) is 0 Å². The van der Waals surface area contributed by atoms with Crippen molar-refractivity contribution in [2.75, 3.05) is 13.2 Å². The number of carbonyl (C=O) groups excluding carboxylic acids is 2. The number of rotatable bonds is 14. The van der Waals surface area contributed by atoms with E-state index in [4.69, 9.17) is 37.2 Å². The van der Waals surface area contributed by atoms with Crippen LogP contribution in [-0.4, -0.2) is 63.1 Å². The number of carboxylic acid groups (broad SMARTS) is 1. The number of benzene rings is 2. The number of phosphoric ester groups is 1. The number of halogens is 4. The number of carboxylic acids is 1. The number of hydrogen-bond donors (Lipinski definition) is 5.